The van der Waals surface area contributed by atoms with Gasteiger partial charge >= 0.3 is 0 Å². The molecule has 0 saturated heterocycles. The number of pyridine rings is 1. The molecule has 1 saturated carbocycles. The van der Waals surface area contributed by atoms with E-state index in [1.165, 1.54) is 6.20 Å². The Kier molecular flexibility index (Phi) is 3.83. The predicted molar refractivity (Wildman–Crippen MR) is 77.3 cm³/mol. The van der Waals surface area contributed by atoms with Gasteiger partial charge in [-0.1, -0.05) is 13.8 Å². The second kappa shape index (κ2) is 5.38. The molecule has 0 aliphatic heterocycles. The van der Waals surface area contributed by atoms with Crippen molar-refractivity contribution in [1.82, 2.24) is 10.3 Å². The molecule has 2 amide bonds. The summed E-state index contributed by atoms with van der Waals surface area (Å²) in [5.74, 6) is 0.717. The molecular formula is C14H23N3O2. The largest absolute Gasteiger partial charge is 0.355 e. The molecule has 2 rings (SSSR count). The number of nitrogens with zero attached hydrogens (tertiary/aromatic N) is 1. The average molecular weight is 265 g/mol. The normalized spacial score (nSPS) is 14.3. The molecule has 0 atom stereocenters. The maximum atomic E-state index is 11.8. The van der Waals surface area contributed by atoms with Crippen LogP contribution in [0, 0.1) is 5.92 Å². The summed E-state index contributed by atoms with van der Waals surface area (Å²) in [4.78, 5) is 27.6. The van der Waals surface area contributed by atoms with Gasteiger partial charge in [-0.15, -0.1) is 0 Å². The minimum atomic E-state index is -0.156. The molecule has 2 N–H and O–H groups in total. The molecule has 106 valence electrons. The average Bonchev–Trinajstić information content (AvgIpc) is 3.22. The maximum absolute atomic E-state index is 11.8. The fourth-order valence-electron chi connectivity index (χ4n) is 1.92. The molecule has 0 radical (unpaired) electrons. The molecule has 1 aliphatic carbocycles. The SMILES string of the molecule is CNC(=O)c1cnc(NC(=O)C2CC2)cc1C(C)C.[HH].[HH]. The highest BCUT2D eigenvalue weighted by Gasteiger charge is 2.30. The Labute approximate surface area is 115 Å². The highest BCUT2D eigenvalue weighted by molar-refractivity contribution is 5.97. The van der Waals surface area contributed by atoms with E-state index in [-0.39, 0.29) is 26.5 Å². The fraction of sp³-hybridized carbons (Fsp3) is 0.500. The topological polar surface area (TPSA) is 71.1 Å². The molecule has 0 bridgehead atoms. The summed E-state index contributed by atoms with van der Waals surface area (Å²) in [6.45, 7) is 4.02. The number of aromatic nitrogens is 1. The van der Waals surface area contributed by atoms with Crippen molar-refractivity contribution < 1.29 is 12.4 Å². The lowest BCUT2D eigenvalue weighted by atomic mass is 9.98. The highest BCUT2D eigenvalue weighted by atomic mass is 16.2. The number of rotatable bonds is 4. The zero-order valence-electron chi connectivity index (χ0n) is 11.5. The molecule has 0 unspecified atom stereocenters. The van der Waals surface area contributed by atoms with Gasteiger partial charge in [-0.2, -0.15) is 0 Å². The van der Waals surface area contributed by atoms with Crippen molar-refractivity contribution >= 4 is 17.6 Å². The van der Waals surface area contributed by atoms with Crippen molar-refractivity contribution in [1.29, 1.82) is 0 Å². The van der Waals surface area contributed by atoms with E-state index < -0.39 is 0 Å². The first-order valence-electron chi connectivity index (χ1n) is 6.55. The smallest absolute Gasteiger partial charge is 0.252 e. The molecular weight excluding hydrogens is 242 g/mol. The predicted octanol–water partition coefficient (Wildman–Crippen LogP) is 2.41. The lowest BCUT2D eigenvalue weighted by Gasteiger charge is -2.13. The monoisotopic (exact) mass is 265 g/mol. The van der Waals surface area contributed by atoms with Gasteiger partial charge < -0.3 is 10.6 Å². The minimum Gasteiger partial charge on any atom is -0.355 e. The van der Waals surface area contributed by atoms with Crippen LogP contribution in [0.2, 0.25) is 0 Å². The number of anilines is 1. The Balaban J connectivity index is 0.00000200. The van der Waals surface area contributed by atoms with Gasteiger partial charge in [0, 0.05) is 22.0 Å². The summed E-state index contributed by atoms with van der Waals surface area (Å²) in [5.41, 5.74) is 1.45. The van der Waals surface area contributed by atoms with E-state index in [0.717, 1.165) is 18.4 Å². The van der Waals surface area contributed by atoms with Crippen LogP contribution in [0.15, 0.2) is 12.3 Å². The fourth-order valence-corrected chi connectivity index (χ4v) is 1.92. The van der Waals surface area contributed by atoms with Crippen LogP contribution in [0.3, 0.4) is 0 Å². The molecule has 5 heteroatoms. The van der Waals surface area contributed by atoms with Crippen molar-refractivity contribution in [2.24, 2.45) is 5.92 Å². The van der Waals surface area contributed by atoms with Gasteiger partial charge in [-0.3, -0.25) is 9.59 Å². The molecule has 1 heterocycles. The third kappa shape index (κ3) is 3.10. The summed E-state index contributed by atoms with van der Waals surface area (Å²) in [7, 11) is 1.59. The Morgan fingerprint density at radius 3 is 2.63 bits per heavy atom. The quantitative estimate of drug-likeness (QED) is 0.878. The first-order valence-corrected chi connectivity index (χ1v) is 6.55. The lowest BCUT2D eigenvalue weighted by molar-refractivity contribution is -0.117. The Hall–Kier alpha value is -1.91. The summed E-state index contributed by atoms with van der Waals surface area (Å²) in [5, 5.41) is 5.40. The summed E-state index contributed by atoms with van der Waals surface area (Å²) in [6, 6.07) is 1.79. The van der Waals surface area contributed by atoms with Crippen molar-refractivity contribution in [2.45, 2.75) is 32.6 Å². The maximum Gasteiger partial charge on any atom is 0.252 e. The van der Waals surface area contributed by atoms with Crippen LogP contribution in [0.5, 0.6) is 0 Å². The molecule has 0 aromatic carbocycles. The number of carbonyl (C=O) groups excluding carboxylic acids is 2. The van der Waals surface area contributed by atoms with Crippen molar-refractivity contribution in [2.75, 3.05) is 12.4 Å². The van der Waals surface area contributed by atoms with Gasteiger partial charge in [0.05, 0.1) is 5.56 Å². The van der Waals surface area contributed by atoms with Crippen LogP contribution in [0.1, 0.15) is 51.4 Å². The molecule has 5 nitrogen and oxygen atoms in total. The van der Waals surface area contributed by atoms with Crippen LogP contribution in [-0.4, -0.2) is 23.8 Å². The van der Waals surface area contributed by atoms with Crippen LogP contribution in [-0.2, 0) is 4.79 Å². The second-order valence-electron chi connectivity index (χ2n) is 5.15. The number of amides is 2. The van der Waals surface area contributed by atoms with E-state index in [1.54, 1.807) is 13.1 Å². The first kappa shape index (κ1) is 13.5. The van der Waals surface area contributed by atoms with Gasteiger partial charge in [-0.25, -0.2) is 4.98 Å². The van der Waals surface area contributed by atoms with Crippen molar-refractivity contribution in [3.63, 3.8) is 0 Å². The Bertz CT molecular complexity index is 517. The van der Waals surface area contributed by atoms with Crippen molar-refractivity contribution in [3.8, 4) is 0 Å². The third-order valence-corrected chi connectivity index (χ3v) is 3.23. The number of hydrogen-bond acceptors (Lipinski definition) is 3. The highest BCUT2D eigenvalue weighted by Crippen LogP contribution is 2.30. The first-order chi connectivity index (χ1) is 9.02. The number of carbonyl (C=O) groups is 2. The van der Waals surface area contributed by atoms with Gasteiger partial charge in [-0.05, 0) is 30.4 Å². The molecule has 1 aliphatic rings. The van der Waals surface area contributed by atoms with Crippen LogP contribution in [0.25, 0.3) is 0 Å². The van der Waals surface area contributed by atoms with Crippen LogP contribution < -0.4 is 10.6 Å². The Morgan fingerprint density at radius 1 is 1.42 bits per heavy atom. The zero-order valence-corrected chi connectivity index (χ0v) is 11.5. The molecule has 1 aromatic heterocycles. The van der Waals surface area contributed by atoms with E-state index in [4.69, 9.17) is 0 Å². The van der Waals surface area contributed by atoms with Crippen LogP contribution >= 0.6 is 0 Å². The van der Waals surface area contributed by atoms with E-state index in [2.05, 4.69) is 15.6 Å². The van der Waals surface area contributed by atoms with E-state index in [1.807, 2.05) is 13.8 Å². The van der Waals surface area contributed by atoms with Crippen LogP contribution in [0.4, 0.5) is 5.82 Å². The number of nitrogens with one attached hydrogen (secondary N) is 2. The Morgan fingerprint density at radius 2 is 2.11 bits per heavy atom. The van der Waals surface area contributed by atoms with E-state index >= 15 is 0 Å². The molecule has 1 aromatic rings. The molecule has 19 heavy (non-hydrogen) atoms. The van der Waals surface area contributed by atoms with Gasteiger partial charge in [0.2, 0.25) is 5.91 Å². The molecule has 1 fully saturated rings. The van der Waals surface area contributed by atoms with E-state index in [0.29, 0.717) is 11.4 Å². The summed E-state index contributed by atoms with van der Waals surface area (Å²) in [6.07, 6.45) is 3.44. The lowest BCUT2D eigenvalue weighted by Crippen LogP contribution is -2.21. The van der Waals surface area contributed by atoms with Gasteiger partial charge in [0.25, 0.3) is 5.91 Å². The number of hydrogen-bond donors (Lipinski definition) is 2. The summed E-state index contributed by atoms with van der Waals surface area (Å²) < 4.78 is 0. The zero-order chi connectivity index (χ0) is 14.0. The minimum absolute atomic E-state index is 0. The second-order valence-corrected chi connectivity index (χ2v) is 5.15. The van der Waals surface area contributed by atoms with Gasteiger partial charge in [0.15, 0.2) is 0 Å². The van der Waals surface area contributed by atoms with Crippen molar-refractivity contribution in [3.05, 3.63) is 23.4 Å². The van der Waals surface area contributed by atoms with Gasteiger partial charge in [0.1, 0.15) is 5.82 Å². The standard InChI is InChI=1S/C14H19N3O2.2H2/c1-8(2)10-6-12(17-13(18)9-4-5-9)16-7-11(10)14(19)15-3;;/h6-9H,4-5H2,1-3H3,(H,15,19)(H,16,17,18);2*1H. The van der Waals surface area contributed by atoms with E-state index in [9.17, 15) is 9.59 Å². The molecule has 0 spiro atoms. The summed E-state index contributed by atoms with van der Waals surface area (Å²) >= 11 is 0. The third-order valence-electron chi connectivity index (χ3n) is 3.23.